The summed E-state index contributed by atoms with van der Waals surface area (Å²) in [7, 11) is 0. The largest absolute Gasteiger partial charge is 0.459 e. The van der Waals surface area contributed by atoms with Crippen molar-refractivity contribution in [3.63, 3.8) is 0 Å². The Morgan fingerprint density at radius 1 is 1.43 bits per heavy atom. The molecule has 0 radical (unpaired) electrons. The van der Waals surface area contributed by atoms with Gasteiger partial charge in [0.1, 0.15) is 6.04 Å². The third-order valence-electron chi connectivity index (χ3n) is 3.84. The van der Waals surface area contributed by atoms with Gasteiger partial charge in [0.15, 0.2) is 5.76 Å². The Morgan fingerprint density at radius 2 is 2.19 bits per heavy atom. The number of aliphatic hydroxyl groups is 1. The second-order valence-corrected chi connectivity index (χ2v) is 5.85. The van der Waals surface area contributed by atoms with Gasteiger partial charge in [-0.05, 0) is 45.2 Å². The van der Waals surface area contributed by atoms with Crippen LogP contribution < -0.4 is 5.32 Å². The number of likely N-dealkylation sites (tertiary alicyclic amines) is 1. The van der Waals surface area contributed by atoms with Crippen LogP contribution in [0.1, 0.15) is 43.7 Å². The molecule has 1 aliphatic rings. The molecule has 1 aliphatic heterocycles. The summed E-state index contributed by atoms with van der Waals surface area (Å²) in [5.74, 6) is -0.344. The van der Waals surface area contributed by atoms with E-state index in [9.17, 15) is 14.7 Å². The number of furan rings is 1. The van der Waals surface area contributed by atoms with Gasteiger partial charge >= 0.3 is 0 Å². The topological polar surface area (TPSA) is 82.8 Å². The molecule has 2 atom stereocenters. The van der Waals surface area contributed by atoms with Gasteiger partial charge in [-0.1, -0.05) is 0 Å². The Bertz CT molecular complexity index is 496. The lowest BCUT2D eigenvalue weighted by molar-refractivity contribution is -0.132. The summed E-state index contributed by atoms with van der Waals surface area (Å²) in [6.45, 7) is 4.57. The van der Waals surface area contributed by atoms with E-state index >= 15 is 0 Å². The van der Waals surface area contributed by atoms with Crippen molar-refractivity contribution >= 4 is 11.8 Å². The average Bonchev–Trinajstić information content (AvgIpc) is 2.89. The molecular formula is C15H22N2O4. The van der Waals surface area contributed by atoms with Crippen LogP contribution in [0.2, 0.25) is 0 Å². The highest BCUT2D eigenvalue weighted by Crippen LogP contribution is 2.21. The van der Waals surface area contributed by atoms with E-state index in [0.29, 0.717) is 25.9 Å². The van der Waals surface area contributed by atoms with Gasteiger partial charge in [-0.15, -0.1) is 0 Å². The molecular weight excluding hydrogens is 272 g/mol. The summed E-state index contributed by atoms with van der Waals surface area (Å²) in [5.41, 5.74) is -0.713. The standard InChI is InChI=1S/C15H22N2O4/c1-11(16-13(18)12-5-3-10-21-12)14(19)17-8-4-6-15(2,20)7-9-17/h3,5,10-11,20H,4,6-9H2,1-2H3,(H,16,18). The van der Waals surface area contributed by atoms with Crippen LogP contribution in [0.25, 0.3) is 0 Å². The Morgan fingerprint density at radius 3 is 2.86 bits per heavy atom. The second kappa shape index (κ2) is 6.30. The maximum Gasteiger partial charge on any atom is 0.287 e. The highest BCUT2D eigenvalue weighted by atomic mass is 16.3. The fourth-order valence-electron chi connectivity index (χ4n) is 2.49. The van der Waals surface area contributed by atoms with Crippen LogP contribution >= 0.6 is 0 Å². The third-order valence-corrected chi connectivity index (χ3v) is 3.84. The molecule has 0 aliphatic carbocycles. The fourth-order valence-corrected chi connectivity index (χ4v) is 2.49. The second-order valence-electron chi connectivity index (χ2n) is 5.85. The molecule has 6 nitrogen and oxygen atoms in total. The van der Waals surface area contributed by atoms with Crippen LogP contribution in [0.5, 0.6) is 0 Å². The zero-order valence-electron chi connectivity index (χ0n) is 12.5. The van der Waals surface area contributed by atoms with Crippen LogP contribution in [0.3, 0.4) is 0 Å². The minimum atomic E-state index is -0.713. The summed E-state index contributed by atoms with van der Waals surface area (Å²) in [4.78, 5) is 25.9. The van der Waals surface area contributed by atoms with E-state index in [1.54, 1.807) is 30.9 Å². The van der Waals surface area contributed by atoms with Crippen molar-refractivity contribution in [1.29, 1.82) is 0 Å². The SMILES string of the molecule is CC(NC(=O)c1ccco1)C(=O)N1CCCC(C)(O)CC1. The Balaban J connectivity index is 1.91. The molecule has 116 valence electrons. The van der Waals surface area contributed by atoms with E-state index in [1.807, 2.05) is 0 Å². The molecule has 0 saturated carbocycles. The first-order valence-electron chi connectivity index (χ1n) is 7.24. The van der Waals surface area contributed by atoms with Crippen LogP contribution in [0.4, 0.5) is 0 Å². The molecule has 0 spiro atoms. The van der Waals surface area contributed by atoms with Gasteiger partial charge in [0.2, 0.25) is 5.91 Å². The molecule has 2 unspecified atom stereocenters. The van der Waals surface area contributed by atoms with E-state index in [2.05, 4.69) is 5.32 Å². The molecule has 2 N–H and O–H groups in total. The minimum absolute atomic E-state index is 0.132. The van der Waals surface area contributed by atoms with Crippen LogP contribution in [-0.4, -0.2) is 46.6 Å². The molecule has 2 amide bonds. The number of carbonyl (C=O) groups excluding carboxylic acids is 2. The first kappa shape index (κ1) is 15.6. The Hall–Kier alpha value is -1.82. The smallest absolute Gasteiger partial charge is 0.287 e. The Kier molecular flexibility index (Phi) is 4.67. The van der Waals surface area contributed by atoms with E-state index in [1.165, 1.54) is 6.26 Å². The molecule has 1 fully saturated rings. The van der Waals surface area contributed by atoms with E-state index in [-0.39, 0.29) is 11.7 Å². The maximum atomic E-state index is 12.4. The predicted octanol–water partition coefficient (Wildman–Crippen LogP) is 1.16. The number of carbonyl (C=O) groups is 2. The molecule has 1 saturated heterocycles. The van der Waals surface area contributed by atoms with Crippen LogP contribution in [-0.2, 0) is 4.79 Å². The molecule has 2 heterocycles. The third kappa shape index (κ3) is 4.07. The molecule has 0 aromatic carbocycles. The highest BCUT2D eigenvalue weighted by Gasteiger charge is 2.29. The van der Waals surface area contributed by atoms with Gasteiger partial charge in [-0.2, -0.15) is 0 Å². The number of amides is 2. The molecule has 1 aromatic heterocycles. The van der Waals surface area contributed by atoms with Crippen molar-refractivity contribution in [1.82, 2.24) is 10.2 Å². The summed E-state index contributed by atoms with van der Waals surface area (Å²) in [6.07, 6.45) is 3.41. The molecule has 2 rings (SSSR count). The first-order chi connectivity index (χ1) is 9.89. The first-order valence-corrected chi connectivity index (χ1v) is 7.24. The lowest BCUT2D eigenvalue weighted by atomic mass is 9.98. The average molecular weight is 294 g/mol. The lowest BCUT2D eigenvalue weighted by Gasteiger charge is -2.25. The van der Waals surface area contributed by atoms with Gasteiger partial charge in [-0.3, -0.25) is 9.59 Å². The Labute approximate surface area is 124 Å². The van der Waals surface area contributed by atoms with Gasteiger partial charge in [-0.25, -0.2) is 0 Å². The summed E-state index contributed by atoms with van der Waals surface area (Å²) >= 11 is 0. The van der Waals surface area contributed by atoms with E-state index < -0.39 is 17.6 Å². The molecule has 21 heavy (non-hydrogen) atoms. The number of hydrogen-bond donors (Lipinski definition) is 2. The predicted molar refractivity (Wildman–Crippen MR) is 76.7 cm³/mol. The van der Waals surface area contributed by atoms with Crippen LogP contribution in [0.15, 0.2) is 22.8 Å². The van der Waals surface area contributed by atoms with E-state index in [4.69, 9.17) is 4.42 Å². The van der Waals surface area contributed by atoms with Crippen molar-refractivity contribution in [2.45, 2.75) is 44.8 Å². The zero-order valence-corrected chi connectivity index (χ0v) is 12.5. The number of nitrogens with one attached hydrogen (secondary N) is 1. The fraction of sp³-hybridized carbons (Fsp3) is 0.600. The van der Waals surface area contributed by atoms with Crippen LogP contribution in [0, 0.1) is 0 Å². The van der Waals surface area contributed by atoms with E-state index in [0.717, 1.165) is 6.42 Å². The lowest BCUT2D eigenvalue weighted by Crippen LogP contribution is -2.47. The molecule has 0 bridgehead atoms. The van der Waals surface area contributed by atoms with Gasteiger partial charge in [0.05, 0.1) is 11.9 Å². The highest BCUT2D eigenvalue weighted by molar-refractivity contribution is 5.95. The summed E-state index contributed by atoms with van der Waals surface area (Å²) in [6, 6.07) is 2.55. The van der Waals surface area contributed by atoms with Gasteiger partial charge in [0.25, 0.3) is 5.91 Å². The minimum Gasteiger partial charge on any atom is -0.459 e. The molecule has 1 aromatic rings. The summed E-state index contributed by atoms with van der Waals surface area (Å²) < 4.78 is 5.00. The summed E-state index contributed by atoms with van der Waals surface area (Å²) in [5, 5.41) is 12.7. The zero-order chi connectivity index (χ0) is 15.5. The van der Waals surface area contributed by atoms with Crippen molar-refractivity contribution in [3.8, 4) is 0 Å². The van der Waals surface area contributed by atoms with Crippen molar-refractivity contribution in [2.75, 3.05) is 13.1 Å². The normalized spacial score (nSPS) is 24.2. The monoisotopic (exact) mass is 294 g/mol. The number of rotatable bonds is 3. The quantitative estimate of drug-likeness (QED) is 0.876. The van der Waals surface area contributed by atoms with Gasteiger partial charge in [0, 0.05) is 13.1 Å². The van der Waals surface area contributed by atoms with Crippen molar-refractivity contribution < 1.29 is 19.1 Å². The molecule has 6 heteroatoms. The van der Waals surface area contributed by atoms with Crippen molar-refractivity contribution in [3.05, 3.63) is 24.2 Å². The number of hydrogen-bond acceptors (Lipinski definition) is 4. The van der Waals surface area contributed by atoms with Gasteiger partial charge < -0.3 is 19.7 Å². The number of nitrogens with zero attached hydrogens (tertiary/aromatic N) is 1. The van der Waals surface area contributed by atoms with Crippen molar-refractivity contribution in [2.24, 2.45) is 0 Å². The maximum absolute atomic E-state index is 12.4.